The summed E-state index contributed by atoms with van der Waals surface area (Å²) >= 11 is 0. The summed E-state index contributed by atoms with van der Waals surface area (Å²) in [7, 11) is 0. The summed E-state index contributed by atoms with van der Waals surface area (Å²) in [4.78, 5) is 22.1. The van der Waals surface area contributed by atoms with Crippen LogP contribution in [0.15, 0.2) is 42.5 Å². The van der Waals surface area contributed by atoms with Crippen molar-refractivity contribution in [1.29, 1.82) is 0 Å². The number of unbranched alkanes of at least 4 members (excludes halogenated alkanes) is 17. The van der Waals surface area contributed by atoms with Gasteiger partial charge >= 0.3 is 11.9 Å². The van der Waals surface area contributed by atoms with Crippen molar-refractivity contribution in [3.63, 3.8) is 0 Å². The summed E-state index contributed by atoms with van der Waals surface area (Å²) < 4.78 is 5.22. The number of benzene rings is 1. The molecule has 0 saturated heterocycles. The maximum atomic E-state index is 11.7. The fraction of sp³-hybridized carbons (Fsp3) is 0.655. The van der Waals surface area contributed by atoms with Crippen molar-refractivity contribution in [2.75, 3.05) is 0 Å². The van der Waals surface area contributed by atoms with Crippen molar-refractivity contribution in [1.82, 2.24) is 0 Å². The predicted molar refractivity (Wildman–Crippen MR) is 137 cm³/mol. The van der Waals surface area contributed by atoms with Crippen LogP contribution in [0.2, 0.25) is 0 Å². The van der Waals surface area contributed by atoms with Gasteiger partial charge in [-0.15, -0.1) is 0 Å². The second-order valence-electron chi connectivity index (χ2n) is 9.08. The van der Waals surface area contributed by atoms with E-state index in [-0.39, 0.29) is 5.97 Å². The molecule has 0 fully saturated rings. The van der Waals surface area contributed by atoms with E-state index in [9.17, 15) is 9.59 Å². The molecule has 0 atom stereocenters. The minimum Gasteiger partial charge on any atom is -0.481 e. The fourth-order valence-corrected chi connectivity index (χ4v) is 4.01. The summed E-state index contributed by atoms with van der Waals surface area (Å²) in [5, 5.41) is 8.60. The van der Waals surface area contributed by atoms with Crippen LogP contribution in [0.25, 0.3) is 0 Å². The third-order valence-electron chi connectivity index (χ3n) is 5.98. The Bertz CT molecular complexity index is 624. The largest absolute Gasteiger partial charge is 0.481 e. The maximum Gasteiger partial charge on any atom is 0.335 e. The van der Waals surface area contributed by atoms with E-state index in [0.717, 1.165) is 25.7 Å². The highest BCUT2D eigenvalue weighted by molar-refractivity contribution is 5.83. The van der Waals surface area contributed by atoms with Crippen LogP contribution < -0.4 is 4.74 Å². The van der Waals surface area contributed by atoms with Crippen LogP contribution in [-0.4, -0.2) is 17.0 Å². The highest BCUT2D eigenvalue weighted by Crippen LogP contribution is 2.15. The van der Waals surface area contributed by atoms with Gasteiger partial charge in [-0.1, -0.05) is 121 Å². The molecule has 0 saturated carbocycles. The Labute approximate surface area is 201 Å². The van der Waals surface area contributed by atoms with Gasteiger partial charge in [-0.25, -0.2) is 4.79 Å². The van der Waals surface area contributed by atoms with E-state index in [0.29, 0.717) is 12.2 Å². The van der Waals surface area contributed by atoms with Crippen molar-refractivity contribution in [2.24, 2.45) is 0 Å². The van der Waals surface area contributed by atoms with E-state index < -0.39 is 5.97 Å². The van der Waals surface area contributed by atoms with Gasteiger partial charge in [0.15, 0.2) is 0 Å². The third kappa shape index (κ3) is 20.3. The number of hydrogen-bond donors (Lipinski definition) is 1. The number of ether oxygens (including phenoxy) is 1. The number of carbonyl (C=O) groups excluding carboxylic acids is 1. The Balaban J connectivity index is 1.74. The summed E-state index contributed by atoms with van der Waals surface area (Å²) in [5.74, 6) is -0.378. The van der Waals surface area contributed by atoms with E-state index >= 15 is 0 Å². The Morgan fingerprint density at radius 1 is 0.636 bits per heavy atom. The lowest BCUT2D eigenvalue weighted by Gasteiger charge is -2.03. The zero-order chi connectivity index (χ0) is 23.8. The van der Waals surface area contributed by atoms with E-state index in [4.69, 9.17) is 9.84 Å². The monoisotopic (exact) mass is 458 g/mol. The molecule has 1 N–H and O–H groups in total. The molecular weight excluding hydrogens is 412 g/mol. The van der Waals surface area contributed by atoms with Crippen LogP contribution in [0.5, 0.6) is 5.75 Å². The smallest absolute Gasteiger partial charge is 0.335 e. The molecule has 0 amide bonds. The van der Waals surface area contributed by atoms with Gasteiger partial charge in [-0.3, -0.25) is 4.79 Å². The SMILES string of the molecule is O=C(O)CCCCCCCCCCCCCCCCCCCC=CC(=O)Oc1ccccc1. The second-order valence-corrected chi connectivity index (χ2v) is 9.08. The van der Waals surface area contributed by atoms with Crippen LogP contribution in [0.3, 0.4) is 0 Å². The highest BCUT2D eigenvalue weighted by atomic mass is 16.5. The quantitative estimate of drug-likeness (QED) is 0.0817. The second kappa shape index (κ2) is 21.7. The number of carbonyl (C=O) groups is 2. The predicted octanol–water partition coefficient (Wildman–Crippen LogP) is 8.64. The van der Waals surface area contributed by atoms with Crippen molar-refractivity contribution in [2.45, 2.75) is 122 Å². The van der Waals surface area contributed by atoms with Gasteiger partial charge in [-0.2, -0.15) is 0 Å². The molecule has 0 unspecified atom stereocenters. The first-order valence-electron chi connectivity index (χ1n) is 13.3. The van der Waals surface area contributed by atoms with E-state index in [2.05, 4.69) is 0 Å². The van der Waals surface area contributed by atoms with Crippen molar-refractivity contribution < 1.29 is 19.4 Å². The molecule has 186 valence electrons. The Morgan fingerprint density at radius 3 is 1.52 bits per heavy atom. The number of hydrogen-bond acceptors (Lipinski definition) is 3. The summed E-state index contributed by atoms with van der Waals surface area (Å²) in [6.07, 6.45) is 26.3. The number of carboxylic acids is 1. The van der Waals surface area contributed by atoms with Crippen molar-refractivity contribution in [3.8, 4) is 5.75 Å². The zero-order valence-corrected chi connectivity index (χ0v) is 20.6. The lowest BCUT2D eigenvalue weighted by molar-refractivity contribution is -0.137. The van der Waals surface area contributed by atoms with Gasteiger partial charge < -0.3 is 9.84 Å². The molecule has 0 radical (unpaired) electrons. The molecule has 1 rings (SSSR count). The number of esters is 1. The van der Waals surface area contributed by atoms with Crippen LogP contribution in [0.1, 0.15) is 122 Å². The van der Waals surface area contributed by atoms with Gasteiger partial charge in [0.1, 0.15) is 5.75 Å². The van der Waals surface area contributed by atoms with Crippen molar-refractivity contribution in [3.05, 3.63) is 42.5 Å². The first-order chi connectivity index (χ1) is 16.2. The average molecular weight is 459 g/mol. The summed E-state index contributed by atoms with van der Waals surface area (Å²) in [5.41, 5.74) is 0. The standard InChI is InChI=1S/C29H46O4/c30-28(31)25-21-16-14-12-10-8-6-4-2-1-3-5-7-9-11-13-15-17-22-26-29(32)33-27-23-19-18-20-24-27/h18-20,22-24,26H,1-17,21,25H2,(H,30,31). The van der Waals surface area contributed by atoms with E-state index in [1.807, 2.05) is 24.3 Å². The lowest BCUT2D eigenvalue weighted by Crippen LogP contribution is -2.03. The fourth-order valence-electron chi connectivity index (χ4n) is 4.01. The molecule has 4 nitrogen and oxygen atoms in total. The number of para-hydroxylation sites is 1. The number of rotatable bonds is 22. The molecule has 1 aromatic rings. The molecule has 0 aliphatic heterocycles. The van der Waals surface area contributed by atoms with Gasteiger partial charge in [0.2, 0.25) is 0 Å². The number of allylic oxidation sites excluding steroid dienone is 1. The van der Waals surface area contributed by atoms with Gasteiger partial charge in [0.25, 0.3) is 0 Å². The first kappa shape index (κ1) is 28.9. The lowest BCUT2D eigenvalue weighted by atomic mass is 10.0. The molecule has 0 spiro atoms. The van der Waals surface area contributed by atoms with Crippen LogP contribution >= 0.6 is 0 Å². The highest BCUT2D eigenvalue weighted by Gasteiger charge is 1.99. The molecule has 0 aliphatic rings. The van der Waals surface area contributed by atoms with Crippen molar-refractivity contribution >= 4 is 11.9 Å². The van der Waals surface area contributed by atoms with E-state index in [1.54, 1.807) is 12.1 Å². The minimum atomic E-state index is -0.667. The molecule has 0 aliphatic carbocycles. The van der Waals surface area contributed by atoms with Crippen LogP contribution in [0.4, 0.5) is 0 Å². The van der Waals surface area contributed by atoms with E-state index in [1.165, 1.54) is 96.0 Å². The van der Waals surface area contributed by atoms with Gasteiger partial charge in [0.05, 0.1) is 0 Å². The first-order valence-corrected chi connectivity index (χ1v) is 13.3. The maximum absolute atomic E-state index is 11.7. The molecule has 0 aromatic heterocycles. The molecule has 4 heteroatoms. The molecule has 0 heterocycles. The third-order valence-corrected chi connectivity index (χ3v) is 5.98. The number of aliphatic carboxylic acids is 1. The summed E-state index contributed by atoms with van der Waals surface area (Å²) in [6.45, 7) is 0. The Kier molecular flexibility index (Phi) is 19.1. The molecule has 0 bridgehead atoms. The molecule has 1 aromatic carbocycles. The molecule has 33 heavy (non-hydrogen) atoms. The van der Waals surface area contributed by atoms with Crippen LogP contribution in [0, 0.1) is 0 Å². The average Bonchev–Trinajstić information content (AvgIpc) is 2.80. The van der Waals surface area contributed by atoms with Gasteiger partial charge in [-0.05, 0) is 31.4 Å². The summed E-state index contributed by atoms with van der Waals surface area (Å²) in [6, 6.07) is 9.17. The van der Waals surface area contributed by atoms with Crippen LogP contribution in [-0.2, 0) is 9.59 Å². The zero-order valence-electron chi connectivity index (χ0n) is 20.6. The normalized spacial score (nSPS) is 11.2. The molecular formula is C29H46O4. The van der Waals surface area contributed by atoms with Gasteiger partial charge in [0, 0.05) is 12.5 Å². The minimum absolute atomic E-state index is 0.300. The Morgan fingerprint density at radius 2 is 1.06 bits per heavy atom. The number of carboxylic acid groups (broad SMARTS) is 1. The Hall–Kier alpha value is -2.10. The topological polar surface area (TPSA) is 63.6 Å².